The molecule has 0 aliphatic heterocycles. The molecule has 0 saturated carbocycles. The molecule has 1 atom stereocenters. The van der Waals surface area contributed by atoms with Gasteiger partial charge in [0.05, 0.1) is 6.10 Å². The number of aliphatic hydroxyl groups excluding tert-OH is 1. The molecule has 0 spiro atoms. The second-order valence-corrected chi connectivity index (χ2v) is 9.80. The van der Waals surface area contributed by atoms with Gasteiger partial charge in [-0.3, -0.25) is 4.79 Å². The SMILES string of the molecule is CCCCCCC(O)CCCCCCCCCCCCCCCCCCCCC(=O)O. The van der Waals surface area contributed by atoms with E-state index >= 15 is 0 Å². The fourth-order valence-electron chi connectivity index (χ4n) is 4.44. The normalized spacial score (nSPS) is 12.3. The van der Waals surface area contributed by atoms with Crippen LogP contribution < -0.4 is 0 Å². The van der Waals surface area contributed by atoms with Crippen LogP contribution in [0.25, 0.3) is 0 Å². The molecule has 0 amide bonds. The number of unbranched alkanes of at least 4 members (excludes halogenated alkanes) is 20. The molecule has 0 saturated heterocycles. The molecule has 1 unspecified atom stereocenters. The van der Waals surface area contributed by atoms with Gasteiger partial charge < -0.3 is 10.2 Å². The summed E-state index contributed by atoms with van der Waals surface area (Å²) in [5, 5.41) is 18.6. The van der Waals surface area contributed by atoms with E-state index in [-0.39, 0.29) is 6.10 Å². The highest BCUT2D eigenvalue weighted by molar-refractivity contribution is 5.66. The zero-order valence-corrected chi connectivity index (χ0v) is 21.1. The number of carbonyl (C=O) groups is 1. The summed E-state index contributed by atoms with van der Waals surface area (Å²) < 4.78 is 0. The molecule has 31 heavy (non-hydrogen) atoms. The van der Waals surface area contributed by atoms with Crippen LogP contribution >= 0.6 is 0 Å². The van der Waals surface area contributed by atoms with Crippen molar-refractivity contribution >= 4 is 5.97 Å². The maximum absolute atomic E-state index is 10.4. The van der Waals surface area contributed by atoms with Crippen molar-refractivity contribution in [3.8, 4) is 0 Å². The van der Waals surface area contributed by atoms with E-state index in [4.69, 9.17) is 5.11 Å². The van der Waals surface area contributed by atoms with Crippen molar-refractivity contribution in [2.24, 2.45) is 0 Å². The first kappa shape index (κ1) is 30.4. The van der Waals surface area contributed by atoms with Crippen molar-refractivity contribution in [2.75, 3.05) is 0 Å². The summed E-state index contributed by atoms with van der Waals surface area (Å²) in [6.07, 6.45) is 30.9. The Morgan fingerprint density at radius 2 is 0.806 bits per heavy atom. The number of hydrogen-bond donors (Lipinski definition) is 2. The van der Waals surface area contributed by atoms with E-state index < -0.39 is 5.97 Å². The van der Waals surface area contributed by atoms with E-state index in [2.05, 4.69) is 6.92 Å². The Kier molecular flexibility index (Phi) is 25.2. The first-order chi connectivity index (χ1) is 15.2. The molecule has 0 bridgehead atoms. The number of carboxylic acids is 1. The largest absolute Gasteiger partial charge is 0.481 e. The molecule has 0 aliphatic carbocycles. The Hall–Kier alpha value is -0.570. The summed E-state index contributed by atoms with van der Waals surface area (Å²) in [5.74, 6) is -0.657. The van der Waals surface area contributed by atoms with Crippen molar-refractivity contribution in [1.82, 2.24) is 0 Å². The number of aliphatic hydroxyl groups is 1. The molecule has 186 valence electrons. The maximum Gasteiger partial charge on any atom is 0.303 e. The van der Waals surface area contributed by atoms with Gasteiger partial charge in [0, 0.05) is 6.42 Å². The third kappa shape index (κ3) is 27.4. The highest BCUT2D eigenvalue weighted by atomic mass is 16.4. The Morgan fingerprint density at radius 1 is 0.516 bits per heavy atom. The Bertz CT molecular complexity index is 356. The zero-order valence-electron chi connectivity index (χ0n) is 21.1. The molecular weight excluding hydrogens is 384 g/mol. The third-order valence-corrected chi connectivity index (χ3v) is 6.57. The van der Waals surface area contributed by atoms with Crippen molar-refractivity contribution in [1.29, 1.82) is 0 Å². The first-order valence-electron chi connectivity index (χ1n) is 14.1. The standard InChI is InChI=1S/C28H56O3/c1-2-3-4-21-24-27(29)25-22-19-17-15-13-11-9-7-5-6-8-10-12-14-16-18-20-23-26-28(30)31/h27,29H,2-26H2,1H3,(H,30,31). The van der Waals surface area contributed by atoms with Crippen molar-refractivity contribution in [3.05, 3.63) is 0 Å². The molecule has 3 nitrogen and oxygen atoms in total. The van der Waals surface area contributed by atoms with Gasteiger partial charge in [0.25, 0.3) is 0 Å². The smallest absolute Gasteiger partial charge is 0.303 e. The van der Waals surface area contributed by atoms with Gasteiger partial charge in [-0.1, -0.05) is 142 Å². The number of hydrogen-bond acceptors (Lipinski definition) is 2. The van der Waals surface area contributed by atoms with E-state index in [1.54, 1.807) is 0 Å². The van der Waals surface area contributed by atoms with Crippen molar-refractivity contribution in [3.63, 3.8) is 0 Å². The van der Waals surface area contributed by atoms with Crippen LogP contribution in [-0.4, -0.2) is 22.3 Å². The van der Waals surface area contributed by atoms with E-state index in [0.29, 0.717) is 6.42 Å². The van der Waals surface area contributed by atoms with Gasteiger partial charge in [-0.2, -0.15) is 0 Å². The predicted octanol–water partition coefficient (Wildman–Crippen LogP) is 9.20. The van der Waals surface area contributed by atoms with Crippen molar-refractivity contribution < 1.29 is 15.0 Å². The summed E-state index contributed by atoms with van der Waals surface area (Å²) in [5.41, 5.74) is 0. The van der Waals surface area contributed by atoms with E-state index in [0.717, 1.165) is 25.7 Å². The summed E-state index contributed by atoms with van der Waals surface area (Å²) in [6.45, 7) is 2.23. The summed E-state index contributed by atoms with van der Waals surface area (Å²) >= 11 is 0. The average Bonchev–Trinajstić information content (AvgIpc) is 2.75. The van der Waals surface area contributed by atoms with Gasteiger partial charge in [0.15, 0.2) is 0 Å². The first-order valence-corrected chi connectivity index (χ1v) is 14.1. The van der Waals surface area contributed by atoms with Crippen LogP contribution in [0.15, 0.2) is 0 Å². The molecule has 2 N–H and O–H groups in total. The third-order valence-electron chi connectivity index (χ3n) is 6.57. The second-order valence-electron chi connectivity index (χ2n) is 9.80. The maximum atomic E-state index is 10.4. The lowest BCUT2D eigenvalue weighted by atomic mass is 10.0. The topological polar surface area (TPSA) is 57.5 Å². The fraction of sp³-hybridized carbons (Fsp3) is 0.964. The lowest BCUT2D eigenvalue weighted by Crippen LogP contribution is -2.05. The average molecular weight is 441 g/mol. The Labute approximate surface area is 194 Å². The summed E-state index contributed by atoms with van der Waals surface area (Å²) in [7, 11) is 0. The monoisotopic (exact) mass is 440 g/mol. The van der Waals surface area contributed by atoms with Gasteiger partial charge in [-0.15, -0.1) is 0 Å². The molecule has 0 aliphatic rings. The summed E-state index contributed by atoms with van der Waals surface area (Å²) in [6, 6.07) is 0. The van der Waals surface area contributed by atoms with Gasteiger partial charge in [-0.25, -0.2) is 0 Å². The minimum atomic E-state index is -0.657. The van der Waals surface area contributed by atoms with Crippen LogP contribution in [0.2, 0.25) is 0 Å². The Balaban J connectivity index is 3.08. The minimum absolute atomic E-state index is 0.0488. The van der Waals surface area contributed by atoms with Crippen LogP contribution in [-0.2, 0) is 4.79 Å². The summed E-state index contributed by atoms with van der Waals surface area (Å²) in [4.78, 5) is 10.4. The van der Waals surface area contributed by atoms with Crippen LogP contribution in [0.4, 0.5) is 0 Å². The van der Waals surface area contributed by atoms with Gasteiger partial charge in [-0.05, 0) is 19.3 Å². The molecular formula is C28H56O3. The van der Waals surface area contributed by atoms with E-state index in [9.17, 15) is 9.90 Å². The van der Waals surface area contributed by atoms with E-state index in [1.807, 2.05) is 0 Å². The number of aliphatic carboxylic acids is 1. The lowest BCUT2D eigenvalue weighted by Gasteiger charge is -2.10. The highest BCUT2D eigenvalue weighted by Gasteiger charge is 2.03. The molecule has 0 aromatic rings. The quantitative estimate of drug-likeness (QED) is 0.132. The highest BCUT2D eigenvalue weighted by Crippen LogP contribution is 2.16. The molecule has 0 rings (SSSR count). The van der Waals surface area contributed by atoms with Gasteiger partial charge >= 0.3 is 5.97 Å². The van der Waals surface area contributed by atoms with Crippen molar-refractivity contribution in [2.45, 2.75) is 174 Å². The minimum Gasteiger partial charge on any atom is -0.481 e. The van der Waals surface area contributed by atoms with E-state index in [1.165, 1.54) is 128 Å². The molecule has 0 aromatic carbocycles. The van der Waals surface area contributed by atoms with Gasteiger partial charge in [0.1, 0.15) is 0 Å². The van der Waals surface area contributed by atoms with Gasteiger partial charge in [0.2, 0.25) is 0 Å². The predicted molar refractivity (Wildman–Crippen MR) is 135 cm³/mol. The zero-order chi connectivity index (χ0) is 22.8. The van der Waals surface area contributed by atoms with Crippen LogP contribution in [0, 0.1) is 0 Å². The van der Waals surface area contributed by atoms with Crippen LogP contribution in [0.5, 0.6) is 0 Å². The van der Waals surface area contributed by atoms with Crippen LogP contribution in [0.3, 0.4) is 0 Å². The fourth-order valence-corrected chi connectivity index (χ4v) is 4.44. The molecule has 0 aromatic heterocycles. The second kappa shape index (κ2) is 25.7. The molecule has 0 heterocycles. The molecule has 3 heteroatoms. The number of rotatable bonds is 26. The van der Waals surface area contributed by atoms with Crippen LogP contribution in [0.1, 0.15) is 167 Å². The Morgan fingerprint density at radius 3 is 1.13 bits per heavy atom. The molecule has 0 radical (unpaired) electrons. The lowest BCUT2D eigenvalue weighted by molar-refractivity contribution is -0.137. The molecule has 0 fully saturated rings. The number of carboxylic acid groups (broad SMARTS) is 1.